The van der Waals surface area contributed by atoms with Crippen molar-refractivity contribution in [3.05, 3.63) is 35.5 Å². The summed E-state index contributed by atoms with van der Waals surface area (Å²) in [6.45, 7) is 6.57. The average Bonchev–Trinajstić information content (AvgIpc) is 3.37. The topological polar surface area (TPSA) is 37.7 Å². The van der Waals surface area contributed by atoms with Crippen molar-refractivity contribution in [1.29, 1.82) is 0 Å². The molecule has 0 amide bonds. The molecule has 1 aromatic heterocycles. The van der Waals surface area contributed by atoms with Gasteiger partial charge in [0.1, 0.15) is 0 Å². The van der Waals surface area contributed by atoms with Crippen molar-refractivity contribution >= 4 is 22.9 Å². The Morgan fingerprint density at radius 2 is 2.22 bits per heavy atom. The molecule has 1 aliphatic rings. The molecule has 0 saturated heterocycles. The third kappa shape index (κ3) is 4.08. The first-order chi connectivity index (χ1) is 11.2. The Morgan fingerprint density at radius 1 is 1.39 bits per heavy atom. The van der Waals surface area contributed by atoms with E-state index in [2.05, 4.69) is 36.2 Å². The minimum absolute atomic E-state index is 0.640. The Kier molecular flexibility index (Phi) is 4.91. The van der Waals surface area contributed by atoms with Crippen LogP contribution in [0.4, 0.5) is 5.69 Å². The molecule has 0 radical (unpaired) electrons. The van der Waals surface area contributed by atoms with Crippen LogP contribution in [0.25, 0.3) is 10.9 Å². The molecular weight excluding hydrogens is 286 g/mol. The molecular formula is C19H25N3O. The fourth-order valence-corrected chi connectivity index (χ4v) is 2.45. The predicted molar refractivity (Wildman–Crippen MR) is 95.3 cm³/mol. The number of fused-ring (bicyclic) bond motifs is 1. The zero-order valence-corrected chi connectivity index (χ0v) is 14.2. The van der Waals surface area contributed by atoms with Gasteiger partial charge in [-0.3, -0.25) is 4.98 Å². The van der Waals surface area contributed by atoms with Gasteiger partial charge in [-0.15, -0.1) is 0 Å². The SMILES string of the molecule is CCN(C)C=Nc1cc2cccc(COCC3CC3)c2nc1C. The molecule has 3 rings (SSSR count). The number of hydrogen-bond acceptors (Lipinski definition) is 3. The van der Waals surface area contributed by atoms with E-state index < -0.39 is 0 Å². The number of para-hydroxylation sites is 1. The molecule has 0 bridgehead atoms. The zero-order chi connectivity index (χ0) is 16.2. The number of aliphatic imine (C=N–C) groups is 1. The fraction of sp³-hybridized carbons (Fsp3) is 0.474. The number of ether oxygens (including phenoxy) is 1. The lowest BCUT2D eigenvalue weighted by Gasteiger charge is -2.11. The summed E-state index contributed by atoms with van der Waals surface area (Å²) in [5.41, 5.74) is 4.07. The maximum atomic E-state index is 5.84. The van der Waals surface area contributed by atoms with E-state index in [0.717, 1.165) is 46.9 Å². The van der Waals surface area contributed by atoms with Crippen LogP contribution in [0.2, 0.25) is 0 Å². The van der Waals surface area contributed by atoms with Crippen molar-refractivity contribution in [2.24, 2.45) is 10.9 Å². The van der Waals surface area contributed by atoms with E-state index in [9.17, 15) is 0 Å². The van der Waals surface area contributed by atoms with Crippen LogP contribution in [0, 0.1) is 12.8 Å². The van der Waals surface area contributed by atoms with Gasteiger partial charge in [0.05, 0.1) is 29.8 Å². The van der Waals surface area contributed by atoms with Gasteiger partial charge in [0, 0.05) is 31.1 Å². The Morgan fingerprint density at radius 3 is 2.96 bits per heavy atom. The van der Waals surface area contributed by atoms with Crippen LogP contribution >= 0.6 is 0 Å². The largest absolute Gasteiger partial charge is 0.376 e. The molecule has 4 heteroatoms. The number of benzene rings is 1. The van der Waals surface area contributed by atoms with Crippen LogP contribution in [-0.2, 0) is 11.3 Å². The summed E-state index contributed by atoms with van der Waals surface area (Å²) in [5.74, 6) is 0.788. The van der Waals surface area contributed by atoms with E-state index in [4.69, 9.17) is 9.72 Å². The molecule has 0 spiro atoms. The van der Waals surface area contributed by atoms with E-state index in [1.165, 1.54) is 12.8 Å². The van der Waals surface area contributed by atoms with Crippen molar-refractivity contribution in [3.63, 3.8) is 0 Å². The molecule has 1 aliphatic carbocycles. The third-order valence-corrected chi connectivity index (χ3v) is 4.29. The highest BCUT2D eigenvalue weighted by molar-refractivity contribution is 5.85. The summed E-state index contributed by atoms with van der Waals surface area (Å²) in [4.78, 5) is 11.4. The monoisotopic (exact) mass is 311 g/mol. The van der Waals surface area contributed by atoms with Crippen molar-refractivity contribution in [1.82, 2.24) is 9.88 Å². The molecule has 0 aliphatic heterocycles. The highest BCUT2D eigenvalue weighted by Gasteiger charge is 2.21. The van der Waals surface area contributed by atoms with Crippen molar-refractivity contribution in [2.75, 3.05) is 20.2 Å². The smallest absolute Gasteiger partial charge is 0.0910 e. The quantitative estimate of drug-likeness (QED) is 0.571. The van der Waals surface area contributed by atoms with E-state index in [-0.39, 0.29) is 0 Å². The molecule has 1 heterocycles. The number of aryl methyl sites for hydroxylation is 1. The lowest BCUT2D eigenvalue weighted by molar-refractivity contribution is 0.112. The van der Waals surface area contributed by atoms with E-state index >= 15 is 0 Å². The van der Waals surface area contributed by atoms with Crippen LogP contribution in [-0.4, -0.2) is 36.4 Å². The van der Waals surface area contributed by atoms with Gasteiger partial charge < -0.3 is 9.64 Å². The summed E-state index contributed by atoms with van der Waals surface area (Å²) in [7, 11) is 2.02. The van der Waals surface area contributed by atoms with Gasteiger partial charge in [-0.05, 0) is 38.7 Å². The summed E-state index contributed by atoms with van der Waals surface area (Å²) in [6, 6.07) is 8.38. The molecule has 0 atom stereocenters. The second-order valence-corrected chi connectivity index (χ2v) is 6.36. The third-order valence-electron chi connectivity index (χ3n) is 4.29. The average molecular weight is 311 g/mol. The van der Waals surface area contributed by atoms with Gasteiger partial charge in [0.2, 0.25) is 0 Å². The zero-order valence-electron chi connectivity index (χ0n) is 14.2. The Balaban J connectivity index is 1.83. The fourth-order valence-electron chi connectivity index (χ4n) is 2.45. The lowest BCUT2D eigenvalue weighted by atomic mass is 10.1. The molecule has 4 nitrogen and oxygen atoms in total. The summed E-state index contributed by atoms with van der Waals surface area (Å²) >= 11 is 0. The normalized spacial score (nSPS) is 14.7. The Labute approximate surface area is 138 Å². The number of hydrogen-bond donors (Lipinski definition) is 0. The Bertz CT molecular complexity index is 707. The molecule has 0 N–H and O–H groups in total. The molecule has 1 fully saturated rings. The highest BCUT2D eigenvalue weighted by Crippen LogP contribution is 2.30. The minimum atomic E-state index is 0.640. The van der Waals surface area contributed by atoms with E-state index in [1.54, 1.807) is 0 Å². The van der Waals surface area contributed by atoms with Gasteiger partial charge in [-0.1, -0.05) is 18.2 Å². The second kappa shape index (κ2) is 7.09. The van der Waals surface area contributed by atoms with Crippen LogP contribution in [0.15, 0.2) is 29.3 Å². The summed E-state index contributed by atoms with van der Waals surface area (Å²) in [5, 5.41) is 1.12. The Hall–Kier alpha value is -1.94. The first-order valence-electron chi connectivity index (χ1n) is 8.38. The summed E-state index contributed by atoms with van der Waals surface area (Å²) in [6.07, 6.45) is 4.50. The number of nitrogens with zero attached hydrogens (tertiary/aromatic N) is 3. The van der Waals surface area contributed by atoms with Crippen molar-refractivity contribution in [2.45, 2.75) is 33.3 Å². The summed E-state index contributed by atoms with van der Waals surface area (Å²) < 4.78 is 5.84. The van der Waals surface area contributed by atoms with Crippen molar-refractivity contribution in [3.8, 4) is 0 Å². The number of rotatable bonds is 7. The molecule has 122 valence electrons. The van der Waals surface area contributed by atoms with Crippen LogP contribution < -0.4 is 0 Å². The van der Waals surface area contributed by atoms with Gasteiger partial charge in [0.15, 0.2) is 0 Å². The maximum Gasteiger partial charge on any atom is 0.0910 e. The van der Waals surface area contributed by atoms with Crippen LogP contribution in [0.3, 0.4) is 0 Å². The molecule has 1 saturated carbocycles. The first kappa shape index (κ1) is 15.9. The standard InChI is InChI=1S/C19H25N3O/c1-4-22(3)13-20-18-10-16-6-5-7-17(19(16)21-14(18)2)12-23-11-15-8-9-15/h5-7,10,13,15H,4,8-9,11-12H2,1-3H3. The highest BCUT2D eigenvalue weighted by atomic mass is 16.5. The number of aromatic nitrogens is 1. The maximum absolute atomic E-state index is 5.84. The molecule has 0 unspecified atom stereocenters. The molecule has 1 aromatic carbocycles. The van der Waals surface area contributed by atoms with E-state index in [0.29, 0.717) is 6.61 Å². The van der Waals surface area contributed by atoms with Gasteiger partial charge in [0.25, 0.3) is 0 Å². The van der Waals surface area contributed by atoms with Gasteiger partial charge in [-0.2, -0.15) is 0 Å². The first-order valence-corrected chi connectivity index (χ1v) is 8.38. The van der Waals surface area contributed by atoms with Crippen molar-refractivity contribution < 1.29 is 4.74 Å². The minimum Gasteiger partial charge on any atom is -0.376 e. The lowest BCUT2D eigenvalue weighted by Crippen LogP contribution is -2.14. The molecule has 23 heavy (non-hydrogen) atoms. The van der Waals surface area contributed by atoms with Crippen LogP contribution in [0.5, 0.6) is 0 Å². The van der Waals surface area contributed by atoms with Gasteiger partial charge in [-0.25, -0.2) is 4.99 Å². The predicted octanol–water partition coefficient (Wildman–Crippen LogP) is 4.08. The number of pyridine rings is 1. The van der Waals surface area contributed by atoms with E-state index in [1.807, 2.05) is 25.2 Å². The molecule has 2 aromatic rings. The second-order valence-electron chi connectivity index (χ2n) is 6.36. The van der Waals surface area contributed by atoms with Gasteiger partial charge >= 0.3 is 0 Å². The van der Waals surface area contributed by atoms with Crippen LogP contribution in [0.1, 0.15) is 31.0 Å².